The Morgan fingerprint density at radius 2 is 2.00 bits per heavy atom. The van der Waals surface area contributed by atoms with E-state index >= 15 is 0 Å². The van der Waals surface area contributed by atoms with Gasteiger partial charge < -0.3 is 10.3 Å². The summed E-state index contributed by atoms with van der Waals surface area (Å²) in [5, 5.41) is 3.64. The highest BCUT2D eigenvalue weighted by Crippen LogP contribution is 2.27. The lowest BCUT2D eigenvalue weighted by Crippen LogP contribution is -2.26. The van der Waals surface area contributed by atoms with Crippen molar-refractivity contribution in [3.8, 4) is 0 Å². The van der Waals surface area contributed by atoms with Gasteiger partial charge in [0.1, 0.15) is 5.82 Å². The molecule has 1 amide bonds. The maximum absolute atomic E-state index is 13.9. The van der Waals surface area contributed by atoms with Gasteiger partial charge in [0.15, 0.2) is 0 Å². The third kappa shape index (κ3) is 2.99. The Kier molecular flexibility index (Phi) is 4.29. The third-order valence-corrected chi connectivity index (χ3v) is 4.08. The molecule has 4 nitrogen and oxygen atoms in total. The zero-order valence-corrected chi connectivity index (χ0v) is 13.4. The van der Waals surface area contributed by atoms with E-state index in [0.717, 1.165) is 28.3 Å². The number of nitrogens with zero attached hydrogens (tertiary/aromatic N) is 1. The number of aryl methyl sites for hydroxylation is 2. The molecule has 0 saturated heterocycles. The summed E-state index contributed by atoms with van der Waals surface area (Å²) in [5.41, 5.74) is 3.65. The fourth-order valence-electron chi connectivity index (χ4n) is 2.87. The molecule has 0 aliphatic heterocycles. The van der Waals surface area contributed by atoms with Crippen LogP contribution in [0.15, 0.2) is 30.5 Å². The van der Waals surface area contributed by atoms with Crippen LogP contribution in [0.1, 0.15) is 27.2 Å². The summed E-state index contributed by atoms with van der Waals surface area (Å²) < 4.78 is 26.7. The number of hydrogen-bond acceptors (Lipinski definition) is 2. The Morgan fingerprint density at radius 1 is 1.21 bits per heavy atom. The Bertz CT molecular complexity index is 901. The topological polar surface area (TPSA) is 57.8 Å². The summed E-state index contributed by atoms with van der Waals surface area (Å²) in [6.45, 7) is 4.21. The van der Waals surface area contributed by atoms with Gasteiger partial charge in [-0.05, 0) is 49.6 Å². The molecule has 1 aromatic carbocycles. The van der Waals surface area contributed by atoms with Crippen molar-refractivity contribution in [2.24, 2.45) is 0 Å². The highest BCUT2D eigenvalue weighted by Gasteiger charge is 2.14. The predicted molar refractivity (Wildman–Crippen MR) is 88.0 cm³/mol. The highest BCUT2D eigenvalue weighted by molar-refractivity contribution is 5.94. The molecular formula is C18H17F2N3O. The molecule has 2 aromatic heterocycles. The smallest absolute Gasteiger partial charge is 0.252 e. The van der Waals surface area contributed by atoms with Gasteiger partial charge in [-0.3, -0.25) is 4.79 Å². The van der Waals surface area contributed by atoms with Crippen LogP contribution in [0.25, 0.3) is 10.9 Å². The first kappa shape index (κ1) is 16.1. The van der Waals surface area contributed by atoms with Crippen LogP contribution in [0.3, 0.4) is 0 Å². The SMILES string of the molecule is Cc1[nH]c2c(F)ccc(C)c2c1CCNC(=O)c1ccc(F)nc1. The van der Waals surface area contributed by atoms with Crippen LogP contribution in [0.5, 0.6) is 0 Å². The van der Waals surface area contributed by atoms with Crippen molar-refractivity contribution in [2.75, 3.05) is 6.54 Å². The summed E-state index contributed by atoms with van der Waals surface area (Å²) in [7, 11) is 0. The van der Waals surface area contributed by atoms with E-state index in [1.165, 1.54) is 18.3 Å². The molecule has 0 unspecified atom stereocenters. The monoisotopic (exact) mass is 329 g/mol. The normalized spacial score (nSPS) is 11.0. The number of benzene rings is 1. The number of hydrogen-bond donors (Lipinski definition) is 2. The van der Waals surface area contributed by atoms with Gasteiger partial charge >= 0.3 is 0 Å². The Balaban J connectivity index is 1.74. The molecule has 6 heteroatoms. The van der Waals surface area contributed by atoms with Gasteiger partial charge in [0.2, 0.25) is 5.95 Å². The molecular weight excluding hydrogens is 312 g/mol. The van der Waals surface area contributed by atoms with E-state index in [1.54, 1.807) is 6.07 Å². The van der Waals surface area contributed by atoms with Gasteiger partial charge in [0, 0.05) is 23.8 Å². The molecule has 0 aliphatic rings. The summed E-state index contributed by atoms with van der Waals surface area (Å²) in [4.78, 5) is 18.5. The van der Waals surface area contributed by atoms with Crippen molar-refractivity contribution in [3.05, 3.63) is 64.6 Å². The lowest BCUT2D eigenvalue weighted by molar-refractivity contribution is 0.0953. The number of amides is 1. The fourth-order valence-corrected chi connectivity index (χ4v) is 2.87. The number of fused-ring (bicyclic) bond motifs is 1. The van der Waals surface area contributed by atoms with Crippen LogP contribution in [-0.2, 0) is 6.42 Å². The number of nitrogens with one attached hydrogen (secondary N) is 2. The first-order chi connectivity index (χ1) is 11.5. The zero-order chi connectivity index (χ0) is 17.3. The molecule has 3 rings (SSSR count). The van der Waals surface area contributed by atoms with Crippen LogP contribution in [0.4, 0.5) is 8.78 Å². The summed E-state index contributed by atoms with van der Waals surface area (Å²) in [6, 6.07) is 5.72. The Labute approximate surface area is 137 Å². The van der Waals surface area contributed by atoms with Gasteiger partial charge in [-0.1, -0.05) is 6.07 Å². The quantitative estimate of drug-likeness (QED) is 0.721. The van der Waals surface area contributed by atoms with E-state index in [2.05, 4.69) is 15.3 Å². The van der Waals surface area contributed by atoms with Gasteiger partial charge in [-0.15, -0.1) is 0 Å². The first-order valence-electron chi connectivity index (χ1n) is 7.63. The maximum Gasteiger partial charge on any atom is 0.252 e. The second-order valence-corrected chi connectivity index (χ2v) is 5.72. The molecule has 0 saturated carbocycles. The van der Waals surface area contributed by atoms with E-state index in [1.807, 2.05) is 13.8 Å². The highest BCUT2D eigenvalue weighted by atomic mass is 19.1. The molecule has 24 heavy (non-hydrogen) atoms. The average molecular weight is 329 g/mol. The van der Waals surface area contributed by atoms with E-state index in [-0.39, 0.29) is 11.7 Å². The number of carbonyl (C=O) groups excluding carboxylic acids is 1. The zero-order valence-electron chi connectivity index (χ0n) is 13.4. The van der Waals surface area contributed by atoms with E-state index in [0.29, 0.717) is 24.0 Å². The molecule has 0 radical (unpaired) electrons. The fraction of sp³-hybridized carbons (Fsp3) is 0.222. The number of pyridine rings is 1. The lowest BCUT2D eigenvalue weighted by atomic mass is 10.0. The number of H-pyrrole nitrogens is 1. The molecule has 0 aliphatic carbocycles. The molecule has 124 valence electrons. The summed E-state index contributed by atoms with van der Waals surface area (Å²) in [6.07, 6.45) is 1.76. The molecule has 2 N–H and O–H groups in total. The average Bonchev–Trinajstić information content (AvgIpc) is 2.90. The minimum atomic E-state index is -0.626. The van der Waals surface area contributed by atoms with Crippen molar-refractivity contribution in [3.63, 3.8) is 0 Å². The van der Waals surface area contributed by atoms with Gasteiger partial charge in [-0.2, -0.15) is 4.39 Å². The van der Waals surface area contributed by atoms with Crippen molar-refractivity contribution in [1.82, 2.24) is 15.3 Å². The third-order valence-electron chi connectivity index (χ3n) is 4.08. The molecule has 3 aromatic rings. The van der Waals surface area contributed by atoms with Gasteiger partial charge in [-0.25, -0.2) is 9.37 Å². The number of rotatable bonds is 4. The van der Waals surface area contributed by atoms with Gasteiger partial charge in [0.25, 0.3) is 5.91 Å². The first-order valence-corrected chi connectivity index (χ1v) is 7.63. The second kappa shape index (κ2) is 6.39. The van der Waals surface area contributed by atoms with E-state index in [9.17, 15) is 13.6 Å². The van der Waals surface area contributed by atoms with Crippen LogP contribution in [-0.4, -0.2) is 22.4 Å². The standard InChI is InChI=1S/C18H17F2N3O/c1-10-3-5-14(19)17-16(10)13(11(2)23-17)7-8-21-18(24)12-4-6-15(20)22-9-12/h3-6,9,23H,7-8H2,1-2H3,(H,21,24). The van der Waals surface area contributed by atoms with E-state index in [4.69, 9.17) is 0 Å². The Morgan fingerprint density at radius 3 is 2.71 bits per heavy atom. The van der Waals surface area contributed by atoms with Crippen LogP contribution in [0.2, 0.25) is 0 Å². The van der Waals surface area contributed by atoms with Crippen LogP contribution < -0.4 is 5.32 Å². The van der Waals surface area contributed by atoms with Crippen LogP contribution in [0, 0.1) is 25.6 Å². The molecule has 0 bridgehead atoms. The van der Waals surface area contributed by atoms with Crippen molar-refractivity contribution >= 4 is 16.8 Å². The molecule has 0 fully saturated rings. The van der Waals surface area contributed by atoms with Crippen molar-refractivity contribution in [2.45, 2.75) is 20.3 Å². The summed E-state index contributed by atoms with van der Waals surface area (Å²) in [5.74, 6) is -1.23. The molecule has 2 heterocycles. The number of halogens is 2. The minimum absolute atomic E-state index is 0.286. The minimum Gasteiger partial charge on any atom is -0.356 e. The van der Waals surface area contributed by atoms with Crippen molar-refractivity contribution < 1.29 is 13.6 Å². The number of carbonyl (C=O) groups is 1. The predicted octanol–water partition coefficient (Wildman–Crippen LogP) is 3.43. The second-order valence-electron chi connectivity index (χ2n) is 5.72. The lowest BCUT2D eigenvalue weighted by Gasteiger charge is -2.07. The molecule has 0 atom stereocenters. The molecule has 0 spiro atoms. The van der Waals surface area contributed by atoms with E-state index < -0.39 is 5.95 Å². The van der Waals surface area contributed by atoms with Crippen molar-refractivity contribution in [1.29, 1.82) is 0 Å². The maximum atomic E-state index is 13.9. The van der Waals surface area contributed by atoms with Gasteiger partial charge in [0.05, 0.1) is 11.1 Å². The number of aromatic amines is 1. The number of aromatic nitrogens is 2. The van der Waals surface area contributed by atoms with Crippen LogP contribution >= 0.6 is 0 Å². The Hall–Kier alpha value is -2.76. The largest absolute Gasteiger partial charge is 0.356 e. The summed E-state index contributed by atoms with van der Waals surface area (Å²) >= 11 is 0.